The average molecular weight is 315 g/mol. The van der Waals surface area contributed by atoms with Crippen LogP contribution in [-0.4, -0.2) is 26.7 Å². The standard InChI is InChI=1S/C13H15ClN2O3S/c1-9-13(2,5-6-19-9)16-20(17,18)11-4-3-10(8-15)12(14)7-11/h3-4,7,9,16H,5-6H2,1-2H3. The molecular weight excluding hydrogens is 300 g/mol. The molecule has 0 amide bonds. The number of hydrogen-bond acceptors (Lipinski definition) is 4. The van der Waals surface area contributed by atoms with Gasteiger partial charge in [0.25, 0.3) is 0 Å². The van der Waals surface area contributed by atoms with Crippen molar-refractivity contribution in [1.82, 2.24) is 4.72 Å². The summed E-state index contributed by atoms with van der Waals surface area (Å²) in [6, 6.07) is 5.95. The first-order chi connectivity index (χ1) is 9.28. The predicted octanol–water partition coefficient (Wildman–Crippen LogP) is 2.06. The summed E-state index contributed by atoms with van der Waals surface area (Å²) in [5.41, 5.74) is -0.395. The molecular formula is C13H15ClN2O3S. The second kappa shape index (κ2) is 5.34. The van der Waals surface area contributed by atoms with Crippen LogP contribution in [0.4, 0.5) is 0 Å². The Hall–Kier alpha value is -1.13. The van der Waals surface area contributed by atoms with Gasteiger partial charge in [-0.25, -0.2) is 13.1 Å². The monoisotopic (exact) mass is 314 g/mol. The number of rotatable bonds is 3. The van der Waals surface area contributed by atoms with Crippen molar-refractivity contribution in [2.24, 2.45) is 0 Å². The van der Waals surface area contributed by atoms with Gasteiger partial charge in [0, 0.05) is 6.61 Å². The maximum absolute atomic E-state index is 12.4. The van der Waals surface area contributed by atoms with Gasteiger partial charge in [0.05, 0.1) is 27.1 Å². The number of nitrogens with zero attached hydrogens (tertiary/aromatic N) is 1. The van der Waals surface area contributed by atoms with E-state index in [0.717, 1.165) is 0 Å². The summed E-state index contributed by atoms with van der Waals surface area (Å²) in [5, 5.41) is 8.92. The minimum Gasteiger partial charge on any atom is -0.376 e. The summed E-state index contributed by atoms with van der Waals surface area (Å²) in [6.45, 7) is 4.17. The number of hydrogen-bond donors (Lipinski definition) is 1. The smallest absolute Gasteiger partial charge is 0.241 e. The van der Waals surface area contributed by atoms with Crippen molar-refractivity contribution in [1.29, 1.82) is 5.26 Å². The number of sulfonamides is 1. The van der Waals surface area contributed by atoms with Gasteiger partial charge >= 0.3 is 0 Å². The molecule has 1 aromatic rings. The SMILES string of the molecule is CC1OCCC1(C)NS(=O)(=O)c1ccc(C#N)c(Cl)c1. The van der Waals surface area contributed by atoms with Crippen LogP contribution < -0.4 is 4.72 Å². The molecule has 2 atom stereocenters. The average Bonchev–Trinajstić information content (AvgIpc) is 2.68. The molecule has 20 heavy (non-hydrogen) atoms. The Balaban J connectivity index is 2.32. The van der Waals surface area contributed by atoms with Crippen molar-refractivity contribution >= 4 is 21.6 Å². The molecule has 1 aliphatic heterocycles. The maximum Gasteiger partial charge on any atom is 0.241 e. The Kier molecular flexibility index (Phi) is 4.07. The lowest BCUT2D eigenvalue weighted by molar-refractivity contribution is 0.0957. The second-order valence-corrected chi connectivity index (χ2v) is 7.13. The van der Waals surface area contributed by atoms with Gasteiger partial charge in [0.15, 0.2) is 0 Å². The number of halogens is 1. The zero-order valence-corrected chi connectivity index (χ0v) is 12.8. The fourth-order valence-electron chi connectivity index (χ4n) is 2.09. The third-order valence-electron chi connectivity index (χ3n) is 3.63. The van der Waals surface area contributed by atoms with E-state index in [-0.39, 0.29) is 21.6 Å². The fraction of sp³-hybridized carbons (Fsp3) is 0.462. The number of nitrogens with one attached hydrogen (secondary N) is 1. The molecule has 0 spiro atoms. The predicted molar refractivity (Wildman–Crippen MR) is 74.9 cm³/mol. The highest BCUT2D eigenvalue weighted by Crippen LogP contribution is 2.28. The summed E-state index contributed by atoms with van der Waals surface area (Å²) in [7, 11) is -3.71. The Morgan fingerprint density at radius 1 is 1.55 bits per heavy atom. The van der Waals surface area contributed by atoms with Crippen molar-refractivity contribution in [3.05, 3.63) is 28.8 Å². The highest BCUT2D eigenvalue weighted by Gasteiger charge is 2.40. The Morgan fingerprint density at radius 2 is 2.25 bits per heavy atom. The Labute approximate surface area is 123 Å². The summed E-state index contributed by atoms with van der Waals surface area (Å²) in [5.74, 6) is 0. The molecule has 1 fully saturated rings. The van der Waals surface area contributed by atoms with Gasteiger partial charge in [-0.15, -0.1) is 0 Å². The molecule has 0 saturated carbocycles. The number of nitriles is 1. The van der Waals surface area contributed by atoms with Crippen molar-refractivity contribution in [3.8, 4) is 6.07 Å². The molecule has 0 aliphatic carbocycles. The van der Waals surface area contributed by atoms with E-state index in [1.807, 2.05) is 19.9 Å². The lowest BCUT2D eigenvalue weighted by Crippen LogP contribution is -2.50. The molecule has 5 nitrogen and oxygen atoms in total. The topological polar surface area (TPSA) is 79.2 Å². The summed E-state index contributed by atoms with van der Waals surface area (Å²) < 4.78 is 32.8. The van der Waals surface area contributed by atoms with E-state index in [2.05, 4.69) is 4.72 Å². The lowest BCUT2D eigenvalue weighted by Gasteiger charge is -2.28. The van der Waals surface area contributed by atoms with Crippen LogP contribution in [0.5, 0.6) is 0 Å². The number of ether oxygens (including phenoxy) is 1. The molecule has 2 unspecified atom stereocenters. The first-order valence-corrected chi connectivity index (χ1v) is 8.00. The second-order valence-electron chi connectivity index (χ2n) is 5.04. The number of benzene rings is 1. The molecule has 7 heteroatoms. The third kappa shape index (κ3) is 2.81. The molecule has 108 valence electrons. The van der Waals surface area contributed by atoms with Gasteiger partial charge in [-0.2, -0.15) is 5.26 Å². The third-order valence-corrected chi connectivity index (χ3v) is 5.55. The Bertz CT molecular complexity index is 669. The first kappa shape index (κ1) is 15.3. The molecule has 1 heterocycles. The van der Waals surface area contributed by atoms with E-state index < -0.39 is 15.6 Å². The molecule has 1 aliphatic rings. The first-order valence-electron chi connectivity index (χ1n) is 6.14. The van der Waals surface area contributed by atoms with Crippen LogP contribution in [-0.2, 0) is 14.8 Å². The largest absolute Gasteiger partial charge is 0.376 e. The van der Waals surface area contributed by atoms with Crippen LogP contribution in [0.25, 0.3) is 0 Å². The highest BCUT2D eigenvalue weighted by atomic mass is 35.5. The summed E-state index contributed by atoms with van der Waals surface area (Å²) in [6.07, 6.45) is 0.406. The molecule has 2 rings (SSSR count). The Morgan fingerprint density at radius 3 is 2.75 bits per heavy atom. The van der Waals surface area contributed by atoms with E-state index in [1.54, 1.807) is 0 Å². The highest BCUT2D eigenvalue weighted by molar-refractivity contribution is 7.89. The molecule has 0 radical (unpaired) electrons. The summed E-state index contributed by atoms with van der Waals surface area (Å²) >= 11 is 5.88. The van der Waals surface area contributed by atoms with E-state index >= 15 is 0 Å². The molecule has 1 N–H and O–H groups in total. The van der Waals surface area contributed by atoms with Crippen LogP contribution in [0.2, 0.25) is 5.02 Å². The zero-order valence-electron chi connectivity index (χ0n) is 11.2. The van der Waals surface area contributed by atoms with Gasteiger partial charge in [0.1, 0.15) is 6.07 Å². The van der Waals surface area contributed by atoms with Crippen LogP contribution in [0.3, 0.4) is 0 Å². The van der Waals surface area contributed by atoms with Gasteiger partial charge < -0.3 is 4.74 Å². The van der Waals surface area contributed by atoms with Gasteiger partial charge in [0.2, 0.25) is 10.0 Å². The van der Waals surface area contributed by atoms with Crippen LogP contribution in [0.1, 0.15) is 25.8 Å². The van der Waals surface area contributed by atoms with Gasteiger partial charge in [-0.1, -0.05) is 11.6 Å². The van der Waals surface area contributed by atoms with Crippen LogP contribution >= 0.6 is 11.6 Å². The molecule has 0 bridgehead atoms. The minimum absolute atomic E-state index is 0.0434. The van der Waals surface area contributed by atoms with Gasteiger partial charge in [-0.3, -0.25) is 0 Å². The van der Waals surface area contributed by atoms with Crippen molar-refractivity contribution in [3.63, 3.8) is 0 Å². The minimum atomic E-state index is -3.71. The molecule has 1 saturated heterocycles. The normalized spacial score (nSPS) is 26.4. The maximum atomic E-state index is 12.4. The van der Waals surface area contributed by atoms with E-state index in [0.29, 0.717) is 13.0 Å². The van der Waals surface area contributed by atoms with Crippen LogP contribution in [0.15, 0.2) is 23.1 Å². The van der Waals surface area contributed by atoms with E-state index in [9.17, 15) is 8.42 Å². The van der Waals surface area contributed by atoms with Crippen LogP contribution in [0, 0.1) is 11.3 Å². The molecule has 1 aromatic carbocycles. The summed E-state index contributed by atoms with van der Waals surface area (Å²) in [4.78, 5) is 0.0434. The van der Waals surface area contributed by atoms with E-state index in [1.165, 1.54) is 18.2 Å². The quantitative estimate of drug-likeness (QED) is 0.926. The fourth-order valence-corrected chi connectivity index (χ4v) is 3.90. The molecule has 0 aromatic heterocycles. The zero-order chi connectivity index (χ0) is 15.0. The van der Waals surface area contributed by atoms with Crippen molar-refractivity contribution < 1.29 is 13.2 Å². The van der Waals surface area contributed by atoms with Crippen molar-refractivity contribution in [2.45, 2.75) is 36.8 Å². The van der Waals surface area contributed by atoms with E-state index in [4.69, 9.17) is 21.6 Å². The van der Waals surface area contributed by atoms with Crippen molar-refractivity contribution in [2.75, 3.05) is 6.61 Å². The lowest BCUT2D eigenvalue weighted by atomic mass is 9.97. The van der Waals surface area contributed by atoms with Gasteiger partial charge in [-0.05, 0) is 38.5 Å².